The van der Waals surface area contributed by atoms with Crippen LogP contribution in [0.4, 0.5) is 0 Å². The molecule has 3 heteroatoms. The topological polar surface area (TPSA) is 17.0 Å². The monoisotopic (exact) mass is 156 g/mol. The Morgan fingerprint density at radius 2 is 2.10 bits per heavy atom. The number of rotatable bonds is 2. The van der Waals surface area contributed by atoms with Crippen LogP contribution in [0.25, 0.3) is 0 Å². The average Bonchev–Trinajstić information content (AvgIpc) is 2.12. The van der Waals surface area contributed by atoms with Crippen molar-refractivity contribution >= 4 is 8.07 Å². The van der Waals surface area contributed by atoms with Gasteiger partial charge in [-0.05, 0) is 0 Å². The summed E-state index contributed by atoms with van der Waals surface area (Å²) < 4.78 is 7.05. The van der Waals surface area contributed by atoms with E-state index in [1.54, 1.807) is 12.7 Å². The Balaban J connectivity index is 2.57. The molecule has 0 aliphatic heterocycles. The van der Waals surface area contributed by atoms with Crippen LogP contribution in [-0.4, -0.2) is 8.07 Å². The maximum Gasteiger partial charge on any atom is 0.334 e. The van der Waals surface area contributed by atoms with E-state index in [0.717, 1.165) is 6.17 Å². The van der Waals surface area contributed by atoms with Gasteiger partial charge in [-0.3, -0.25) is 0 Å². The quantitative estimate of drug-likeness (QED) is 0.468. The summed E-state index contributed by atoms with van der Waals surface area (Å²) in [5, 5.41) is 0. The molecule has 1 heterocycles. The van der Waals surface area contributed by atoms with Crippen LogP contribution in [0.3, 0.4) is 0 Å². The van der Waals surface area contributed by atoms with Crippen molar-refractivity contribution in [3.63, 3.8) is 0 Å². The van der Waals surface area contributed by atoms with Crippen LogP contribution >= 0.6 is 0 Å². The molecule has 0 fully saturated rings. The molecule has 1 aromatic rings. The lowest BCUT2D eigenvalue weighted by atomic mass is 10.9. The molecule has 0 aromatic carbocycles. The second-order valence-electron chi connectivity index (χ2n) is 3.76. The van der Waals surface area contributed by atoms with Crippen LogP contribution < -0.4 is 4.57 Å². The van der Waals surface area contributed by atoms with Gasteiger partial charge in [-0.2, -0.15) is 4.57 Å². The molecule has 0 unspecified atom stereocenters. The molecule has 0 N–H and O–H groups in total. The normalized spacial score (nSPS) is 11.9. The summed E-state index contributed by atoms with van der Waals surface area (Å²) in [6.45, 7) is 7.02. The van der Waals surface area contributed by atoms with E-state index >= 15 is 0 Å². The minimum absolute atomic E-state index is 0.959. The van der Waals surface area contributed by atoms with Gasteiger partial charge < -0.3 is 4.42 Å². The van der Waals surface area contributed by atoms with Crippen molar-refractivity contribution in [3.05, 3.63) is 18.9 Å². The van der Waals surface area contributed by atoms with E-state index in [4.69, 9.17) is 4.42 Å². The van der Waals surface area contributed by atoms with Crippen molar-refractivity contribution in [2.45, 2.75) is 25.8 Å². The molecule has 0 aliphatic carbocycles. The maximum atomic E-state index is 4.95. The smallest absolute Gasteiger partial charge is 0.334 e. The zero-order chi connectivity index (χ0) is 7.61. The molecule has 2 nitrogen and oxygen atoms in total. The molecular formula is C7H14NOSi+. The molecule has 0 spiro atoms. The van der Waals surface area contributed by atoms with Crippen molar-refractivity contribution in [3.8, 4) is 0 Å². The van der Waals surface area contributed by atoms with Gasteiger partial charge in [-0.15, -0.1) is 0 Å². The Bertz CT molecular complexity index is 188. The van der Waals surface area contributed by atoms with Crippen molar-refractivity contribution in [2.75, 3.05) is 0 Å². The molecule has 0 atom stereocenters. The SMILES string of the molecule is C[Si](C)(C)C[n+]1ccoc1. The summed E-state index contributed by atoms with van der Waals surface area (Å²) in [6, 6.07) is 0. The van der Waals surface area contributed by atoms with Gasteiger partial charge in [0, 0.05) is 0 Å². The largest absolute Gasteiger partial charge is 0.412 e. The van der Waals surface area contributed by atoms with E-state index < -0.39 is 8.07 Å². The number of aromatic nitrogens is 1. The Hall–Kier alpha value is -0.573. The highest BCUT2D eigenvalue weighted by Crippen LogP contribution is 1.98. The molecule has 0 saturated heterocycles. The first kappa shape index (κ1) is 7.53. The van der Waals surface area contributed by atoms with Crippen LogP contribution in [0.15, 0.2) is 23.3 Å². The fraction of sp³-hybridized carbons (Fsp3) is 0.571. The summed E-state index contributed by atoms with van der Waals surface area (Å²) in [7, 11) is -0.959. The molecule has 0 amide bonds. The summed E-state index contributed by atoms with van der Waals surface area (Å²) in [6.07, 6.45) is 6.58. The summed E-state index contributed by atoms with van der Waals surface area (Å²) in [5.74, 6) is 0. The molecule has 0 bridgehead atoms. The first-order chi connectivity index (χ1) is 4.58. The van der Waals surface area contributed by atoms with E-state index in [1.807, 2.05) is 6.20 Å². The predicted molar refractivity (Wildman–Crippen MR) is 42.2 cm³/mol. The van der Waals surface area contributed by atoms with E-state index in [-0.39, 0.29) is 0 Å². The third kappa shape index (κ3) is 2.35. The zero-order valence-corrected chi connectivity index (χ0v) is 7.79. The van der Waals surface area contributed by atoms with Crippen LogP contribution in [0, 0.1) is 0 Å². The fourth-order valence-corrected chi connectivity index (χ4v) is 2.17. The van der Waals surface area contributed by atoms with Crippen molar-refractivity contribution in [1.82, 2.24) is 0 Å². The number of hydrogen-bond donors (Lipinski definition) is 0. The van der Waals surface area contributed by atoms with Gasteiger partial charge in [-0.25, -0.2) is 0 Å². The molecule has 1 rings (SSSR count). The molecule has 10 heavy (non-hydrogen) atoms. The van der Waals surface area contributed by atoms with E-state index in [0.29, 0.717) is 0 Å². The van der Waals surface area contributed by atoms with Crippen LogP contribution in [0.5, 0.6) is 0 Å². The highest BCUT2D eigenvalue weighted by molar-refractivity contribution is 6.74. The van der Waals surface area contributed by atoms with Gasteiger partial charge in [0.05, 0.1) is 0 Å². The molecule has 0 radical (unpaired) electrons. The van der Waals surface area contributed by atoms with Gasteiger partial charge in [-0.1, -0.05) is 19.6 Å². The van der Waals surface area contributed by atoms with Crippen molar-refractivity contribution < 1.29 is 8.98 Å². The second-order valence-corrected chi connectivity index (χ2v) is 9.20. The third-order valence-corrected chi connectivity index (χ3v) is 2.50. The van der Waals surface area contributed by atoms with E-state index in [2.05, 4.69) is 24.2 Å². The van der Waals surface area contributed by atoms with Crippen LogP contribution in [0.2, 0.25) is 19.6 Å². The maximum absolute atomic E-state index is 4.95. The highest BCUT2D eigenvalue weighted by Gasteiger charge is 2.19. The average molecular weight is 156 g/mol. The first-order valence-corrected chi connectivity index (χ1v) is 7.20. The lowest BCUT2D eigenvalue weighted by molar-refractivity contribution is -0.683. The zero-order valence-electron chi connectivity index (χ0n) is 6.79. The summed E-state index contributed by atoms with van der Waals surface area (Å²) in [5.41, 5.74) is 0. The Kier molecular flexibility index (Phi) is 1.94. The number of oxazole rings is 1. The standard InChI is InChI=1S/C7H14NOSi/c1-10(2,3)7-8-4-5-9-6-8/h4-6H,7H2,1-3H3/q+1. The summed E-state index contributed by atoms with van der Waals surface area (Å²) >= 11 is 0. The van der Waals surface area contributed by atoms with Gasteiger partial charge in [0.1, 0.15) is 14.2 Å². The van der Waals surface area contributed by atoms with Crippen molar-refractivity contribution in [1.29, 1.82) is 0 Å². The predicted octanol–water partition coefficient (Wildman–Crippen LogP) is 1.44. The number of hydrogen-bond acceptors (Lipinski definition) is 1. The molecule has 0 saturated carbocycles. The number of nitrogens with zero attached hydrogens (tertiary/aromatic N) is 1. The van der Waals surface area contributed by atoms with Gasteiger partial charge in [0.2, 0.25) is 6.20 Å². The first-order valence-electron chi connectivity index (χ1n) is 3.49. The Morgan fingerprint density at radius 3 is 2.50 bits per heavy atom. The molecule has 56 valence electrons. The fourth-order valence-electron chi connectivity index (χ4n) is 0.899. The van der Waals surface area contributed by atoms with Crippen molar-refractivity contribution in [2.24, 2.45) is 0 Å². The Labute approximate surface area is 62.5 Å². The minimum atomic E-state index is -0.959. The molecule has 0 aliphatic rings. The van der Waals surface area contributed by atoms with Gasteiger partial charge in [0.15, 0.2) is 6.26 Å². The minimum Gasteiger partial charge on any atom is -0.412 e. The van der Waals surface area contributed by atoms with Gasteiger partial charge in [0.25, 0.3) is 0 Å². The second kappa shape index (κ2) is 2.58. The van der Waals surface area contributed by atoms with Gasteiger partial charge >= 0.3 is 6.39 Å². The lowest BCUT2D eigenvalue weighted by Crippen LogP contribution is -2.44. The highest BCUT2D eigenvalue weighted by atomic mass is 28.3. The van der Waals surface area contributed by atoms with Crippen LogP contribution in [-0.2, 0) is 6.17 Å². The molecule has 1 aromatic heterocycles. The van der Waals surface area contributed by atoms with Crippen LogP contribution in [0.1, 0.15) is 0 Å². The lowest BCUT2D eigenvalue weighted by Gasteiger charge is -2.07. The third-order valence-electron chi connectivity index (χ3n) is 1.18. The van der Waals surface area contributed by atoms with E-state index in [1.165, 1.54) is 0 Å². The Morgan fingerprint density at radius 1 is 1.40 bits per heavy atom. The van der Waals surface area contributed by atoms with E-state index in [9.17, 15) is 0 Å². The summed E-state index contributed by atoms with van der Waals surface area (Å²) in [4.78, 5) is 0. The molecular weight excluding hydrogens is 142 g/mol.